The van der Waals surface area contributed by atoms with Crippen LogP contribution in [0.15, 0.2) is 30.1 Å². The fraction of sp³-hybridized carbons (Fsp3) is 0.385. The van der Waals surface area contributed by atoms with Gasteiger partial charge in [0, 0.05) is 30.9 Å². The van der Waals surface area contributed by atoms with Crippen LogP contribution < -0.4 is 4.90 Å². The lowest BCUT2D eigenvalue weighted by molar-refractivity contribution is -0.115. The number of ketones is 1. The van der Waals surface area contributed by atoms with Crippen LogP contribution in [-0.2, 0) is 4.79 Å². The zero-order valence-corrected chi connectivity index (χ0v) is 10.6. The molecule has 0 saturated carbocycles. The van der Waals surface area contributed by atoms with Gasteiger partial charge in [-0.1, -0.05) is 11.6 Å². The summed E-state index contributed by atoms with van der Waals surface area (Å²) in [7, 11) is 0. The molecule has 1 aromatic rings. The minimum absolute atomic E-state index is 0.199. The van der Waals surface area contributed by atoms with Gasteiger partial charge < -0.3 is 4.90 Å². The van der Waals surface area contributed by atoms with Crippen molar-refractivity contribution in [1.82, 2.24) is 4.98 Å². The van der Waals surface area contributed by atoms with E-state index in [0.29, 0.717) is 11.6 Å². The van der Waals surface area contributed by atoms with E-state index in [0.717, 1.165) is 30.8 Å². The van der Waals surface area contributed by atoms with Gasteiger partial charge in [-0.25, -0.2) is 4.98 Å². The Hall–Kier alpha value is -1.35. The monoisotopic (exact) mass is 250 g/mol. The summed E-state index contributed by atoms with van der Waals surface area (Å²) in [5.74, 6) is 0.199. The summed E-state index contributed by atoms with van der Waals surface area (Å²) in [6, 6.07) is 3.79. The molecule has 3 nitrogen and oxygen atoms in total. The molecule has 0 unspecified atom stereocenters. The zero-order valence-electron chi connectivity index (χ0n) is 9.82. The molecule has 17 heavy (non-hydrogen) atoms. The van der Waals surface area contributed by atoms with Crippen LogP contribution in [0, 0.1) is 0 Å². The van der Waals surface area contributed by atoms with Crippen molar-refractivity contribution >= 4 is 23.1 Å². The first-order valence-electron chi connectivity index (χ1n) is 5.84. The summed E-state index contributed by atoms with van der Waals surface area (Å²) in [4.78, 5) is 17.6. The molecule has 1 aromatic heterocycles. The quantitative estimate of drug-likeness (QED) is 0.773. The standard InChI is InChI=1S/C13H15ClN2O/c1-2-16(10-5-3-6-11(17)9-10)12-7-4-8-15-13(12)14/h4,7-9H,2-3,5-6H2,1H3. The van der Waals surface area contributed by atoms with Crippen LogP contribution in [0.1, 0.15) is 26.2 Å². The summed E-state index contributed by atoms with van der Waals surface area (Å²) < 4.78 is 0. The lowest BCUT2D eigenvalue weighted by Crippen LogP contribution is -2.25. The number of nitrogens with zero attached hydrogens (tertiary/aromatic N) is 2. The minimum Gasteiger partial charge on any atom is -0.343 e. The first kappa shape index (κ1) is 12.1. The van der Waals surface area contributed by atoms with Crippen molar-refractivity contribution in [2.45, 2.75) is 26.2 Å². The molecule has 4 heteroatoms. The molecule has 0 aliphatic heterocycles. The van der Waals surface area contributed by atoms with E-state index >= 15 is 0 Å². The maximum absolute atomic E-state index is 11.5. The lowest BCUT2D eigenvalue weighted by atomic mass is 10.0. The average molecular weight is 251 g/mol. The Balaban J connectivity index is 2.34. The van der Waals surface area contributed by atoms with Crippen LogP contribution in [0.4, 0.5) is 5.69 Å². The number of allylic oxidation sites excluding steroid dienone is 2. The fourth-order valence-electron chi connectivity index (χ4n) is 2.09. The Kier molecular flexibility index (Phi) is 3.79. The molecule has 0 amide bonds. The average Bonchev–Trinajstić information content (AvgIpc) is 2.33. The van der Waals surface area contributed by atoms with Crippen LogP contribution in [-0.4, -0.2) is 17.3 Å². The maximum atomic E-state index is 11.5. The van der Waals surface area contributed by atoms with Gasteiger partial charge in [0.25, 0.3) is 0 Å². The number of pyridine rings is 1. The second kappa shape index (κ2) is 5.32. The van der Waals surface area contributed by atoms with Gasteiger partial charge in [-0.15, -0.1) is 0 Å². The predicted octanol–water partition coefficient (Wildman–Crippen LogP) is 3.20. The molecule has 0 fully saturated rings. The van der Waals surface area contributed by atoms with Gasteiger partial charge in [0.05, 0.1) is 5.69 Å². The Morgan fingerprint density at radius 2 is 2.29 bits per heavy atom. The summed E-state index contributed by atoms with van der Waals surface area (Å²) in [5, 5.41) is 0.480. The molecule has 0 atom stereocenters. The van der Waals surface area contributed by atoms with Crippen molar-refractivity contribution in [2.75, 3.05) is 11.4 Å². The van der Waals surface area contributed by atoms with Gasteiger partial charge in [0.1, 0.15) is 0 Å². The van der Waals surface area contributed by atoms with E-state index in [-0.39, 0.29) is 5.78 Å². The van der Waals surface area contributed by atoms with E-state index in [1.807, 2.05) is 19.1 Å². The van der Waals surface area contributed by atoms with E-state index in [1.165, 1.54) is 0 Å². The summed E-state index contributed by atoms with van der Waals surface area (Å²) in [6.07, 6.45) is 5.89. The number of halogens is 1. The number of carbonyl (C=O) groups excluding carboxylic acids is 1. The number of hydrogen-bond donors (Lipinski definition) is 0. The van der Waals surface area contributed by atoms with Crippen molar-refractivity contribution in [3.63, 3.8) is 0 Å². The van der Waals surface area contributed by atoms with Crippen LogP contribution in [0.5, 0.6) is 0 Å². The number of rotatable bonds is 3. The summed E-state index contributed by atoms with van der Waals surface area (Å²) in [5.41, 5.74) is 1.91. The molecule has 0 bridgehead atoms. The minimum atomic E-state index is 0.199. The van der Waals surface area contributed by atoms with Crippen LogP contribution in [0.2, 0.25) is 5.15 Å². The molecular formula is C13H15ClN2O. The van der Waals surface area contributed by atoms with Crippen molar-refractivity contribution in [3.8, 4) is 0 Å². The van der Waals surface area contributed by atoms with E-state index < -0.39 is 0 Å². The largest absolute Gasteiger partial charge is 0.343 e. The van der Waals surface area contributed by atoms with Gasteiger partial charge in [-0.05, 0) is 31.9 Å². The highest BCUT2D eigenvalue weighted by molar-refractivity contribution is 6.32. The molecule has 1 heterocycles. The van der Waals surface area contributed by atoms with Crippen LogP contribution in [0.3, 0.4) is 0 Å². The SMILES string of the molecule is CCN(C1=CC(=O)CCC1)c1cccnc1Cl. The molecule has 90 valence electrons. The Morgan fingerprint density at radius 1 is 1.47 bits per heavy atom. The van der Waals surface area contributed by atoms with Gasteiger partial charge in [-0.3, -0.25) is 4.79 Å². The molecule has 2 rings (SSSR count). The first-order valence-corrected chi connectivity index (χ1v) is 6.21. The predicted molar refractivity (Wildman–Crippen MR) is 69.2 cm³/mol. The van der Waals surface area contributed by atoms with E-state index in [1.54, 1.807) is 12.3 Å². The zero-order chi connectivity index (χ0) is 12.3. The number of hydrogen-bond acceptors (Lipinski definition) is 3. The van der Waals surface area contributed by atoms with E-state index in [4.69, 9.17) is 11.6 Å². The molecule has 0 aromatic carbocycles. The van der Waals surface area contributed by atoms with E-state index in [9.17, 15) is 4.79 Å². The summed E-state index contributed by atoms with van der Waals surface area (Å²) in [6.45, 7) is 2.83. The van der Waals surface area contributed by atoms with Gasteiger partial charge in [0.15, 0.2) is 10.9 Å². The smallest absolute Gasteiger partial charge is 0.157 e. The van der Waals surface area contributed by atoms with Crippen LogP contribution in [0.25, 0.3) is 0 Å². The topological polar surface area (TPSA) is 33.2 Å². The fourth-order valence-corrected chi connectivity index (χ4v) is 2.32. The Bertz CT molecular complexity index is 456. The second-order valence-electron chi connectivity index (χ2n) is 4.01. The number of aromatic nitrogens is 1. The molecule has 1 aliphatic carbocycles. The molecule has 0 spiro atoms. The Labute approximate surface area is 106 Å². The lowest BCUT2D eigenvalue weighted by Gasteiger charge is -2.28. The second-order valence-corrected chi connectivity index (χ2v) is 4.37. The van der Waals surface area contributed by atoms with Gasteiger partial charge >= 0.3 is 0 Å². The molecular weight excluding hydrogens is 236 g/mol. The molecule has 0 saturated heterocycles. The van der Waals surface area contributed by atoms with Gasteiger partial charge in [-0.2, -0.15) is 0 Å². The highest BCUT2D eigenvalue weighted by atomic mass is 35.5. The number of carbonyl (C=O) groups is 1. The van der Waals surface area contributed by atoms with Crippen molar-refractivity contribution in [2.24, 2.45) is 0 Å². The third kappa shape index (κ3) is 2.67. The third-order valence-corrected chi connectivity index (χ3v) is 3.17. The molecule has 0 radical (unpaired) electrons. The van der Waals surface area contributed by atoms with Crippen molar-refractivity contribution in [1.29, 1.82) is 0 Å². The van der Waals surface area contributed by atoms with Crippen LogP contribution >= 0.6 is 11.6 Å². The highest BCUT2D eigenvalue weighted by Gasteiger charge is 2.18. The van der Waals surface area contributed by atoms with E-state index in [2.05, 4.69) is 9.88 Å². The summed E-state index contributed by atoms with van der Waals surface area (Å²) >= 11 is 6.09. The first-order chi connectivity index (χ1) is 8.22. The van der Waals surface area contributed by atoms with Gasteiger partial charge in [0.2, 0.25) is 0 Å². The highest BCUT2D eigenvalue weighted by Crippen LogP contribution is 2.29. The maximum Gasteiger partial charge on any atom is 0.157 e. The third-order valence-electron chi connectivity index (χ3n) is 2.88. The molecule has 1 aliphatic rings. The number of anilines is 1. The normalized spacial score (nSPS) is 15.6. The molecule has 0 N–H and O–H groups in total. The van der Waals surface area contributed by atoms with Crippen molar-refractivity contribution in [3.05, 3.63) is 35.3 Å². The van der Waals surface area contributed by atoms with Crippen molar-refractivity contribution < 1.29 is 4.79 Å². The Morgan fingerprint density at radius 3 is 2.94 bits per heavy atom.